The normalized spacial score (nSPS) is 24.4. The number of hydrogen-bond acceptors (Lipinski definition) is 4. The molecule has 1 heterocycles. The quantitative estimate of drug-likeness (QED) is 0.735. The fraction of sp³-hybridized carbons (Fsp3) is 0.550. The van der Waals surface area contributed by atoms with Crippen LogP contribution in [-0.4, -0.2) is 48.9 Å². The molecule has 2 fully saturated rings. The van der Waals surface area contributed by atoms with Gasteiger partial charge in [-0.1, -0.05) is 31.0 Å². The molecule has 1 saturated heterocycles. The van der Waals surface area contributed by atoms with Crippen LogP contribution in [0.3, 0.4) is 0 Å². The molecular formula is C20H27ClN4O3. The van der Waals surface area contributed by atoms with E-state index in [2.05, 4.69) is 17.6 Å². The van der Waals surface area contributed by atoms with Crippen molar-refractivity contribution in [2.24, 2.45) is 5.92 Å². The van der Waals surface area contributed by atoms with Crippen molar-refractivity contribution >= 4 is 40.8 Å². The smallest absolute Gasteiger partial charge is 0.325 e. The maximum atomic E-state index is 12.9. The molecule has 28 heavy (non-hydrogen) atoms. The summed E-state index contributed by atoms with van der Waals surface area (Å²) >= 11 is 6.22. The Balaban J connectivity index is 1.69. The molecule has 1 aromatic rings. The van der Waals surface area contributed by atoms with Crippen LogP contribution in [0.2, 0.25) is 5.02 Å². The van der Waals surface area contributed by atoms with Crippen LogP contribution in [0, 0.1) is 5.92 Å². The first-order valence-electron chi connectivity index (χ1n) is 9.67. The van der Waals surface area contributed by atoms with E-state index in [4.69, 9.17) is 11.6 Å². The van der Waals surface area contributed by atoms with Crippen molar-refractivity contribution in [2.75, 3.05) is 30.9 Å². The number of urea groups is 1. The number of carbonyl (C=O) groups excluding carboxylic acids is 3. The van der Waals surface area contributed by atoms with Crippen molar-refractivity contribution in [3.63, 3.8) is 0 Å². The number of nitrogens with one attached hydrogen (secondary N) is 2. The average molecular weight is 407 g/mol. The van der Waals surface area contributed by atoms with Crippen molar-refractivity contribution < 1.29 is 14.4 Å². The molecule has 152 valence electrons. The number of nitrogens with zero attached hydrogens (tertiary/aromatic N) is 2. The van der Waals surface area contributed by atoms with Gasteiger partial charge in [0.2, 0.25) is 5.91 Å². The fourth-order valence-corrected chi connectivity index (χ4v) is 4.48. The Morgan fingerprint density at radius 3 is 2.61 bits per heavy atom. The molecule has 2 N–H and O–H groups in total. The van der Waals surface area contributed by atoms with E-state index in [9.17, 15) is 14.4 Å². The third-order valence-corrected chi connectivity index (χ3v) is 6.10. The van der Waals surface area contributed by atoms with Crippen LogP contribution in [0.15, 0.2) is 18.2 Å². The van der Waals surface area contributed by atoms with Crippen LogP contribution in [0.1, 0.15) is 39.0 Å². The Hall–Kier alpha value is -2.28. The molecule has 7 nitrogen and oxygen atoms in total. The zero-order valence-corrected chi connectivity index (χ0v) is 17.3. The van der Waals surface area contributed by atoms with Crippen molar-refractivity contribution in [1.29, 1.82) is 0 Å². The standard InChI is InChI=1S/C20H27ClN4O3/c1-4-13-8-10-20(11-9-13)18(27)25(19(28)23-20)12-16(26)22-15-7-5-6-14(21)17(15)24(2)3/h5-7,13H,4,8-12H2,1-3H3,(H,22,26)(H,23,28). The Morgan fingerprint density at radius 2 is 2.00 bits per heavy atom. The second-order valence-corrected chi connectivity index (χ2v) is 8.24. The summed E-state index contributed by atoms with van der Waals surface area (Å²) in [7, 11) is 3.65. The van der Waals surface area contributed by atoms with Gasteiger partial charge in [-0.2, -0.15) is 0 Å². The van der Waals surface area contributed by atoms with E-state index < -0.39 is 17.5 Å². The lowest BCUT2D eigenvalue weighted by Crippen LogP contribution is -2.49. The minimum atomic E-state index is -0.839. The van der Waals surface area contributed by atoms with Gasteiger partial charge in [0.15, 0.2) is 0 Å². The number of carbonyl (C=O) groups is 3. The first kappa shape index (κ1) is 20.5. The maximum Gasteiger partial charge on any atom is 0.325 e. The summed E-state index contributed by atoms with van der Waals surface area (Å²) < 4.78 is 0. The zero-order chi connectivity index (χ0) is 20.5. The van der Waals surface area contributed by atoms with E-state index in [1.807, 2.05) is 14.1 Å². The molecule has 2 aliphatic rings. The van der Waals surface area contributed by atoms with Crippen molar-refractivity contribution in [2.45, 2.75) is 44.6 Å². The summed E-state index contributed by atoms with van der Waals surface area (Å²) in [6, 6.07) is 4.72. The highest BCUT2D eigenvalue weighted by atomic mass is 35.5. The topological polar surface area (TPSA) is 81.8 Å². The largest absolute Gasteiger partial charge is 0.375 e. The van der Waals surface area contributed by atoms with Gasteiger partial charge in [0.25, 0.3) is 5.91 Å². The van der Waals surface area contributed by atoms with Crippen LogP contribution >= 0.6 is 11.6 Å². The molecule has 1 aliphatic carbocycles. The Morgan fingerprint density at radius 1 is 1.32 bits per heavy atom. The second-order valence-electron chi connectivity index (χ2n) is 7.83. The summed E-state index contributed by atoms with van der Waals surface area (Å²) in [5.41, 5.74) is 0.366. The lowest BCUT2D eigenvalue weighted by Gasteiger charge is -2.34. The second kappa shape index (κ2) is 7.99. The van der Waals surface area contributed by atoms with E-state index >= 15 is 0 Å². The van der Waals surface area contributed by atoms with Crippen LogP contribution in [-0.2, 0) is 9.59 Å². The number of anilines is 2. The molecule has 0 bridgehead atoms. The summed E-state index contributed by atoms with van der Waals surface area (Å²) in [4.78, 5) is 40.7. The van der Waals surface area contributed by atoms with Gasteiger partial charge in [-0.15, -0.1) is 0 Å². The summed E-state index contributed by atoms with van der Waals surface area (Å²) in [6.45, 7) is 1.83. The van der Waals surface area contributed by atoms with Gasteiger partial charge in [-0.05, 0) is 43.7 Å². The highest BCUT2D eigenvalue weighted by Crippen LogP contribution is 2.38. The predicted molar refractivity (Wildman–Crippen MR) is 110 cm³/mol. The van der Waals surface area contributed by atoms with E-state index in [1.165, 1.54) is 0 Å². The van der Waals surface area contributed by atoms with Gasteiger partial charge < -0.3 is 15.5 Å². The molecule has 1 saturated carbocycles. The third kappa shape index (κ3) is 3.81. The molecule has 0 unspecified atom stereocenters. The number of amides is 4. The third-order valence-electron chi connectivity index (χ3n) is 5.79. The van der Waals surface area contributed by atoms with Crippen LogP contribution in [0.5, 0.6) is 0 Å². The molecule has 4 amide bonds. The lowest BCUT2D eigenvalue weighted by atomic mass is 9.75. The Labute approximate surface area is 170 Å². The number of benzene rings is 1. The number of para-hydroxylation sites is 1. The van der Waals surface area contributed by atoms with E-state index in [-0.39, 0.29) is 12.5 Å². The van der Waals surface area contributed by atoms with Gasteiger partial charge in [-0.3, -0.25) is 14.5 Å². The van der Waals surface area contributed by atoms with E-state index in [0.717, 1.165) is 24.2 Å². The van der Waals surface area contributed by atoms with Crippen molar-refractivity contribution in [3.05, 3.63) is 23.2 Å². The van der Waals surface area contributed by atoms with Crippen LogP contribution < -0.4 is 15.5 Å². The first-order chi connectivity index (χ1) is 13.3. The minimum absolute atomic E-state index is 0.291. The summed E-state index contributed by atoms with van der Waals surface area (Å²) in [5, 5.41) is 6.12. The molecule has 0 radical (unpaired) electrons. The molecule has 3 rings (SSSR count). The molecule has 1 aromatic carbocycles. The fourth-order valence-electron chi connectivity index (χ4n) is 4.14. The van der Waals surface area contributed by atoms with Crippen LogP contribution in [0.25, 0.3) is 0 Å². The molecule has 1 aliphatic heterocycles. The van der Waals surface area contributed by atoms with Gasteiger partial charge in [0, 0.05) is 14.1 Å². The van der Waals surface area contributed by atoms with E-state index in [0.29, 0.717) is 35.2 Å². The SMILES string of the molecule is CCC1CCC2(CC1)NC(=O)N(CC(=O)Nc1cccc(Cl)c1N(C)C)C2=O. The molecule has 1 spiro atoms. The van der Waals surface area contributed by atoms with Gasteiger partial charge in [-0.25, -0.2) is 4.79 Å². The highest BCUT2D eigenvalue weighted by Gasteiger charge is 2.52. The molecule has 0 aromatic heterocycles. The van der Waals surface area contributed by atoms with Crippen molar-refractivity contribution in [1.82, 2.24) is 10.2 Å². The van der Waals surface area contributed by atoms with Gasteiger partial charge in [0.05, 0.1) is 16.4 Å². The average Bonchev–Trinajstić information content (AvgIpc) is 2.86. The Kier molecular flexibility index (Phi) is 5.84. The predicted octanol–water partition coefficient (Wildman–Crippen LogP) is 3.24. The molecule has 8 heteroatoms. The number of hydrogen-bond donors (Lipinski definition) is 2. The van der Waals surface area contributed by atoms with Crippen LogP contribution in [0.4, 0.5) is 16.2 Å². The summed E-state index contributed by atoms with van der Waals surface area (Å²) in [5.74, 6) is -0.130. The Bertz CT molecular complexity index is 788. The van der Waals surface area contributed by atoms with Gasteiger partial charge >= 0.3 is 6.03 Å². The zero-order valence-electron chi connectivity index (χ0n) is 16.5. The monoisotopic (exact) mass is 406 g/mol. The lowest BCUT2D eigenvalue weighted by molar-refractivity contribution is -0.135. The number of halogens is 1. The molecular weight excluding hydrogens is 380 g/mol. The maximum absolute atomic E-state index is 12.9. The van der Waals surface area contributed by atoms with Gasteiger partial charge in [0.1, 0.15) is 12.1 Å². The van der Waals surface area contributed by atoms with E-state index in [1.54, 1.807) is 23.1 Å². The minimum Gasteiger partial charge on any atom is -0.375 e. The summed E-state index contributed by atoms with van der Waals surface area (Å²) in [6.07, 6.45) is 4.17. The number of imide groups is 1. The number of rotatable bonds is 5. The van der Waals surface area contributed by atoms with Crippen molar-refractivity contribution in [3.8, 4) is 0 Å². The molecule has 0 atom stereocenters. The highest BCUT2D eigenvalue weighted by molar-refractivity contribution is 6.34. The first-order valence-corrected chi connectivity index (χ1v) is 10.0.